The van der Waals surface area contributed by atoms with Gasteiger partial charge in [0.05, 0.1) is 24.4 Å². The molecule has 252 valence electrons. The zero-order chi connectivity index (χ0) is 33.9. The molecular formula is C38H49N3O6. The maximum Gasteiger partial charge on any atom is 0.407 e. The molecule has 3 N–H and O–H groups in total. The molecule has 3 aromatic carbocycles. The molecule has 4 rings (SSSR count). The molecule has 0 heterocycles. The number of hydrogen-bond acceptors (Lipinski definition) is 6. The molecule has 47 heavy (non-hydrogen) atoms. The second-order valence-electron chi connectivity index (χ2n) is 13.2. The summed E-state index contributed by atoms with van der Waals surface area (Å²) in [5, 5.41) is 8.27. The van der Waals surface area contributed by atoms with Crippen molar-refractivity contribution in [2.45, 2.75) is 76.5 Å². The minimum Gasteiger partial charge on any atom is -0.449 e. The average Bonchev–Trinajstić information content (AvgIpc) is 3.38. The van der Waals surface area contributed by atoms with Crippen LogP contribution in [0.1, 0.15) is 69.6 Å². The summed E-state index contributed by atoms with van der Waals surface area (Å²) in [5.74, 6) is -0.872. The predicted octanol–water partition coefficient (Wildman–Crippen LogP) is 5.76. The van der Waals surface area contributed by atoms with Crippen LogP contribution in [0.5, 0.6) is 0 Å². The number of carbonyl (C=O) groups is 3. The molecule has 0 bridgehead atoms. The third-order valence-electron chi connectivity index (χ3n) is 8.69. The van der Waals surface area contributed by atoms with Crippen molar-refractivity contribution in [2.75, 3.05) is 33.4 Å². The van der Waals surface area contributed by atoms with E-state index < -0.39 is 18.0 Å². The van der Waals surface area contributed by atoms with E-state index >= 15 is 0 Å². The van der Waals surface area contributed by atoms with Crippen molar-refractivity contribution in [1.29, 1.82) is 0 Å². The molecule has 1 atom stereocenters. The smallest absolute Gasteiger partial charge is 0.407 e. The Labute approximate surface area is 278 Å². The highest BCUT2D eigenvalue weighted by Gasteiger charge is 2.30. The first-order chi connectivity index (χ1) is 22.5. The van der Waals surface area contributed by atoms with Crippen LogP contribution in [0, 0.1) is 0 Å². The van der Waals surface area contributed by atoms with Gasteiger partial charge in [0.15, 0.2) is 0 Å². The van der Waals surface area contributed by atoms with Crippen molar-refractivity contribution in [3.05, 3.63) is 95.6 Å². The van der Waals surface area contributed by atoms with Crippen LogP contribution in [-0.2, 0) is 30.2 Å². The van der Waals surface area contributed by atoms with E-state index in [1.54, 1.807) is 7.11 Å². The number of fused-ring (bicyclic) bond motifs is 3. The van der Waals surface area contributed by atoms with Crippen LogP contribution in [-0.4, -0.2) is 68.6 Å². The normalized spacial score (nSPS) is 13.3. The Kier molecular flexibility index (Phi) is 12.6. The highest BCUT2D eigenvalue weighted by molar-refractivity contribution is 5.89. The van der Waals surface area contributed by atoms with Gasteiger partial charge in [-0.2, -0.15) is 0 Å². The number of benzene rings is 3. The first-order valence-corrected chi connectivity index (χ1v) is 16.4. The van der Waals surface area contributed by atoms with Gasteiger partial charge in [0.2, 0.25) is 11.8 Å². The molecule has 0 aromatic heterocycles. The maximum absolute atomic E-state index is 13.2. The minimum atomic E-state index is -0.929. The van der Waals surface area contributed by atoms with Gasteiger partial charge in [0, 0.05) is 26.0 Å². The van der Waals surface area contributed by atoms with Crippen molar-refractivity contribution in [2.24, 2.45) is 0 Å². The van der Waals surface area contributed by atoms with E-state index in [-0.39, 0.29) is 42.6 Å². The molecule has 1 unspecified atom stereocenters. The summed E-state index contributed by atoms with van der Waals surface area (Å²) in [4.78, 5) is 38.8. The van der Waals surface area contributed by atoms with E-state index in [1.807, 2.05) is 82.3 Å². The van der Waals surface area contributed by atoms with Crippen LogP contribution in [0.3, 0.4) is 0 Å². The Morgan fingerprint density at radius 2 is 1.40 bits per heavy atom. The summed E-state index contributed by atoms with van der Waals surface area (Å²) in [7, 11) is 1.70. The van der Waals surface area contributed by atoms with Gasteiger partial charge in [0.25, 0.3) is 0 Å². The Morgan fingerprint density at radius 1 is 0.787 bits per heavy atom. The summed E-state index contributed by atoms with van der Waals surface area (Å²) in [6.07, 6.45) is 1.82. The first-order valence-electron chi connectivity index (χ1n) is 16.4. The SMILES string of the molecule is COC(C)(C)CCOC(C)(C)CCCNC(=O)CNC(=O)C(Cc1ccccc1)NC(=O)OCC1c2ccccc2-c2ccccc21. The van der Waals surface area contributed by atoms with Gasteiger partial charge in [-0.1, -0.05) is 78.9 Å². The molecular weight excluding hydrogens is 594 g/mol. The quantitative estimate of drug-likeness (QED) is 0.161. The minimum absolute atomic E-state index is 0.0989. The van der Waals surface area contributed by atoms with Crippen LogP contribution in [0.2, 0.25) is 0 Å². The molecule has 0 radical (unpaired) electrons. The van der Waals surface area contributed by atoms with Crippen molar-refractivity contribution in [3.63, 3.8) is 0 Å². The number of methoxy groups -OCH3 is 1. The monoisotopic (exact) mass is 643 g/mol. The van der Waals surface area contributed by atoms with Crippen molar-refractivity contribution < 1.29 is 28.6 Å². The molecule has 3 aromatic rings. The van der Waals surface area contributed by atoms with Gasteiger partial charge < -0.3 is 30.2 Å². The Balaban J connectivity index is 1.25. The topological polar surface area (TPSA) is 115 Å². The lowest BCUT2D eigenvalue weighted by Gasteiger charge is -2.29. The number of rotatable bonds is 17. The molecule has 3 amide bonds. The van der Waals surface area contributed by atoms with E-state index in [4.69, 9.17) is 14.2 Å². The van der Waals surface area contributed by atoms with Crippen LogP contribution >= 0.6 is 0 Å². The van der Waals surface area contributed by atoms with E-state index in [1.165, 1.54) is 0 Å². The van der Waals surface area contributed by atoms with Crippen molar-refractivity contribution in [3.8, 4) is 11.1 Å². The summed E-state index contributed by atoms with van der Waals surface area (Å²) in [5.41, 5.74) is 4.78. The van der Waals surface area contributed by atoms with Gasteiger partial charge in [-0.15, -0.1) is 0 Å². The third-order valence-corrected chi connectivity index (χ3v) is 8.69. The van der Waals surface area contributed by atoms with E-state index in [2.05, 4.69) is 40.2 Å². The summed E-state index contributed by atoms with van der Waals surface area (Å²) >= 11 is 0. The Morgan fingerprint density at radius 3 is 2.04 bits per heavy atom. The second kappa shape index (κ2) is 16.6. The largest absolute Gasteiger partial charge is 0.449 e. The van der Waals surface area contributed by atoms with Crippen LogP contribution in [0.15, 0.2) is 78.9 Å². The lowest BCUT2D eigenvalue weighted by atomic mass is 9.98. The summed E-state index contributed by atoms with van der Waals surface area (Å²) in [6.45, 7) is 9.09. The molecule has 9 nitrogen and oxygen atoms in total. The van der Waals surface area contributed by atoms with Crippen molar-refractivity contribution >= 4 is 17.9 Å². The van der Waals surface area contributed by atoms with E-state index in [0.29, 0.717) is 13.2 Å². The van der Waals surface area contributed by atoms with Crippen LogP contribution in [0.25, 0.3) is 11.1 Å². The fraction of sp³-hybridized carbons (Fsp3) is 0.447. The van der Waals surface area contributed by atoms with Crippen LogP contribution < -0.4 is 16.0 Å². The molecule has 1 aliphatic rings. The molecule has 0 fully saturated rings. The third kappa shape index (κ3) is 10.7. The zero-order valence-electron chi connectivity index (χ0n) is 28.3. The number of nitrogens with one attached hydrogen (secondary N) is 3. The van der Waals surface area contributed by atoms with Gasteiger partial charge in [0.1, 0.15) is 12.6 Å². The molecule has 0 aliphatic heterocycles. The van der Waals surface area contributed by atoms with E-state index in [9.17, 15) is 14.4 Å². The van der Waals surface area contributed by atoms with Gasteiger partial charge in [-0.05, 0) is 74.8 Å². The zero-order valence-corrected chi connectivity index (χ0v) is 28.3. The average molecular weight is 644 g/mol. The lowest BCUT2D eigenvalue weighted by molar-refractivity contribution is -0.127. The maximum atomic E-state index is 13.2. The summed E-state index contributed by atoms with van der Waals surface area (Å²) < 4.78 is 17.2. The number of hydrogen-bond donors (Lipinski definition) is 3. The van der Waals surface area contributed by atoms with Crippen molar-refractivity contribution in [1.82, 2.24) is 16.0 Å². The second-order valence-corrected chi connectivity index (χ2v) is 13.2. The molecule has 0 saturated carbocycles. The lowest BCUT2D eigenvalue weighted by Crippen LogP contribution is -2.50. The number of alkyl carbamates (subject to hydrolysis) is 1. The van der Waals surface area contributed by atoms with Gasteiger partial charge in [-0.25, -0.2) is 4.79 Å². The summed E-state index contributed by atoms with van der Waals surface area (Å²) in [6, 6.07) is 24.7. The predicted molar refractivity (Wildman–Crippen MR) is 183 cm³/mol. The van der Waals surface area contributed by atoms with Crippen LogP contribution in [0.4, 0.5) is 4.79 Å². The Hall–Kier alpha value is -4.21. The van der Waals surface area contributed by atoms with E-state index in [0.717, 1.165) is 47.1 Å². The van der Waals surface area contributed by atoms with Gasteiger partial charge >= 0.3 is 6.09 Å². The highest BCUT2D eigenvalue weighted by Crippen LogP contribution is 2.44. The Bertz CT molecular complexity index is 1440. The number of amides is 3. The standard InChI is InChI=1S/C38H49N3O6/c1-37(2,45-5)21-23-47-38(3,4)20-13-22-39-34(42)25-40-35(43)33(24-27-14-7-6-8-15-27)41-36(44)46-26-32-30-18-11-9-16-28(30)29-17-10-12-19-31(29)32/h6-12,14-19,32-33H,13,20-26H2,1-5H3,(H,39,42)(H,40,43)(H,41,44). The molecule has 0 spiro atoms. The first kappa shape index (κ1) is 35.6. The highest BCUT2D eigenvalue weighted by atomic mass is 16.5. The van der Waals surface area contributed by atoms with Gasteiger partial charge in [-0.3, -0.25) is 9.59 Å². The molecule has 0 saturated heterocycles. The fourth-order valence-electron chi connectivity index (χ4n) is 5.68. The molecule has 9 heteroatoms. The number of ether oxygens (including phenoxy) is 3. The molecule has 1 aliphatic carbocycles. The number of carbonyl (C=O) groups excluding carboxylic acids is 3. The fourth-order valence-corrected chi connectivity index (χ4v) is 5.68.